The molecule has 0 saturated heterocycles. The Morgan fingerprint density at radius 3 is 2.89 bits per heavy atom. The topological polar surface area (TPSA) is 45.2 Å². The Morgan fingerprint density at radius 1 is 1.47 bits per heavy atom. The molecule has 2 aromatic rings. The van der Waals surface area contributed by atoms with E-state index in [1.807, 2.05) is 19.1 Å². The summed E-state index contributed by atoms with van der Waals surface area (Å²) in [5.41, 5.74) is 1.98. The first-order valence-corrected chi connectivity index (χ1v) is 7.90. The molecule has 0 amide bonds. The van der Waals surface area contributed by atoms with Crippen molar-refractivity contribution in [3.8, 4) is 5.75 Å². The Kier molecular flexibility index (Phi) is 4.96. The van der Waals surface area contributed by atoms with Crippen LogP contribution in [-0.2, 0) is 6.54 Å². The summed E-state index contributed by atoms with van der Waals surface area (Å²) in [4.78, 5) is 4.43. The molecule has 1 atom stereocenters. The third-order valence-electron chi connectivity index (χ3n) is 2.94. The molecule has 19 heavy (non-hydrogen) atoms. The normalized spacial score (nSPS) is 12.6. The number of hydrogen-bond acceptors (Lipinski definition) is 4. The van der Waals surface area contributed by atoms with Crippen molar-refractivity contribution in [2.24, 2.45) is 0 Å². The number of phenols is 1. The molecule has 5 heteroatoms. The van der Waals surface area contributed by atoms with Gasteiger partial charge in [0, 0.05) is 33.7 Å². The molecule has 1 aromatic carbocycles. The molecular formula is C14H17BrN2OS. The monoisotopic (exact) mass is 340 g/mol. The van der Waals surface area contributed by atoms with Gasteiger partial charge in [-0.1, -0.05) is 22.9 Å². The Hall–Kier alpha value is -0.910. The highest BCUT2D eigenvalue weighted by molar-refractivity contribution is 9.10. The number of hydrogen-bond donors (Lipinski definition) is 2. The van der Waals surface area contributed by atoms with Crippen molar-refractivity contribution < 1.29 is 5.11 Å². The molecule has 2 rings (SSSR count). The summed E-state index contributed by atoms with van der Waals surface area (Å²) in [6, 6.07) is 5.65. The van der Waals surface area contributed by atoms with Gasteiger partial charge in [0.2, 0.25) is 0 Å². The van der Waals surface area contributed by atoms with E-state index in [9.17, 15) is 5.11 Å². The molecule has 0 aliphatic carbocycles. The Labute approximate surface area is 125 Å². The highest BCUT2D eigenvalue weighted by Gasteiger charge is 2.14. The minimum Gasteiger partial charge on any atom is -0.508 e. The first-order valence-electron chi connectivity index (χ1n) is 6.23. The fourth-order valence-corrected chi connectivity index (χ4v) is 3.07. The quantitative estimate of drug-likeness (QED) is 0.858. The molecule has 102 valence electrons. The number of phenolic OH excluding ortho intramolecular Hbond substituents is 1. The Balaban J connectivity index is 2.09. The third-order valence-corrected chi connectivity index (χ3v) is 4.40. The highest BCUT2D eigenvalue weighted by atomic mass is 79.9. The van der Waals surface area contributed by atoms with Crippen LogP contribution in [0.3, 0.4) is 0 Å². The van der Waals surface area contributed by atoms with Crippen molar-refractivity contribution in [3.05, 3.63) is 44.3 Å². The molecule has 1 aromatic heterocycles. The molecule has 1 unspecified atom stereocenters. The maximum absolute atomic E-state index is 9.96. The summed E-state index contributed by atoms with van der Waals surface area (Å²) in [6.07, 6.45) is 0.911. The molecule has 0 bridgehead atoms. The second-order valence-corrected chi connectivity index (χ2v) is 6.29. The van der Waals surface area contributed by atoms with E-state index in [1.165, 1.54) is 0 Å². The van der Waals surface area contributed by atoms with E-state index >= 15 is 0 Å². The number of benzene rings is 1. The molecule has 0 saturated carbocycles. The number of aromatic nitrogens is 1. The lowest BCUT2D eigenvalue weighted by Gasteiger charge is -2.18. The van der Waals surface area contributed by atoms with Crippen LogP contribution in [0.4, 0.5) is 0 Å². The lowest BCUT2D eigenvalue weighted by Crippen LogP contribution is -2.20. The van der Waals surface area contributed by atoms with E-state index in [1.54, 1.807) is 17.4 Å². The molecule has 0 radical (unpaired) electrons. The maximum atomic E-state index is 9.96. The van der Waals surface area contributed by atoms with Gasteiger partial charge in [0.15, 0.2) is 0 Å². The van der Waals surface area contributed by atoms with Crippen molar-refractivity contribution in [3.63, 3.8) is 0 Å². The fourth-order valence-electron chi connectivity index (χ4n) is 1.97. The number of nitrogens with one attached hydrogen (secondary N) is 1. The van der Waals surface area contributed by atoms with E-state index in [2.05, 4.69) is 38.5 Å². The largest absolute Gasteiger partial charge is 0.508 e. The average molecular weight is 341 g/mol. The van der Waals surface area contributed by atoms with Gasteiger partial charge in [-0.15, -0.1) is 11.3 Å². The van der Waals surface area contributed by atoms with Crippen LogP contribution in [-0.4, -0.2) is 10.1 Å². The SMILES string of the molecule is CCC(NCc1nc(C)cs1)c1cc(Br)ccc1O. The van der Waals surface area contributed by atoms with Crippen molar-refractivity contribution in [1.29, 1.82) is 0 Å². The van der Waals surface area contributed by atoms with Crippen LogP contribution in [0.1, 0.15) is 35.7 Å². The lowest BCUT2D eigenvalue weighted by molar-refractivity contribution is 0.440. The first-order chi connectivity index (χ1) is 9.10. The summed E-state index contributed by atoms with van der Waals surface area (Å²) >= 11 is 5.10. The summed E-state index contributed by atoms with van der Waals surface area (Å²) in [6.45, 7) is 4.82. The van der Waals surface area contributed by atoms with Crippen molar-refractivity contribution in [2.75, 3.05) is 0 Å². The minimum atomic E-state index is 0.127. The summed E-state index contributed by atoms with van der Waals surface area (Å²) in [5, 5.41) is 16.5. The van der Waals surface area contributed by atoms with Crippen LogP contribution < -0.4 is 5.32 Å². The van der Waals surface area contributed by atoms with Gasteiger partial charge >= 0.3 is 0 Å². The van der Waals surface area contributed by atoms with Gasteiger partial charge < -0.3 is 10.4 Å². The second kappa shape index (κ2) is 6.50. The van der Waals surface area contributed by atoms with E-state index in [0.29, 0.717) is 5.75 Å². The van der Waals surface area contributed by atoms with Crippen LogP contribution in [0.15, 0.2) is 28.1 Å². The van der Waals surface area contributed by atoms with E-state index in [-0.39, 0.29) is 6.04 Å². The standard InChI is InChI=1S/C14H17BrN2OS/c1-3-12(11-6-10(15)4-5-13(11)18)16-7-14-17-9(2)8-19-14/h4-6,8,12,16,18H,3,7H2,1-2H3. The summed E-state index contributed by atoms with van der Waals surface area (Å²) < 4.78 is 0.977. The van der Waals surface area contributed by atoms with E-state index in [0.717, 1.165) is 33.7 Å². The van der Waals surface area contributed by atoms with Crippen molar-refractivity contribution >= 4 is 27.3 Å². The maximum Gasteiger partial charge on any atom is 0.120 e. The van der Waals surface area contributed by atoms with Gasteiger partial charge in [0.25, 0.3) is 0 Å². The zero-order chi connectivity index (χ0) is 13.8. The van der Waals surface area contributed by atoms with Gasteiger partial charge in [-0.2, -0.15) is 0 Å². The number of rotatable bonds is 5. The van der Waals surface area contributed by atoms with Gasteiger partial charge in [0.1, 0.15) is 10.8 Å². The smallest absolute Gasteiger partial charge is 0.120 e. The highest BCUT2D eigenvalue weighted by Crippen LogP contribution is 2.29. The third kappa shape index (κ3) is 3.78. The predicted octanol–water partition coefficient (Wildman–Crippen LogP) is 4.16. The summed E-state index contributed by atoms with van der Waals surface area (Å²) in [7, 11) is 0. The molecule has 1 heterocycles. The average Bonchev–Trinajstić information content (AvgIpc) is 2.80. The van der Waals surface area contributed by atoms with E-state index < -0.39 is 0 Å². The molecule has 0 aliphatic heterocycles. The number of thiazole rings is 1. The Morgan fingerprint density at radius 2 is 2.26 bits per heavy atom. The zero-order valence-corrected chi connectivity index (χ0v) is 13.4. The number of aryl methyl sites for hydroxylation is 1. The van der Waals surface area contributed by atoms with Gasteiger partial charge in [-0.3, -0.25) is 0 Å². The summed E-state index contributed by atoms with van der Waals surface area (Å²) in [5.74, 6) is 0.331. The fraction of sp³-hybridized carbons (Fsp3) is 0.357. The van der Waals surface area contributed by atoms with E-state index in [4.69, 9.17) is 0 Å². The Bertz CT molecular complexity index is 556. The van der Waals surface area contributed by atoms with Crippen LogP contribution in [0.2, 0.25) is 0 Å². The minimum absolute atomic E-state index is 0.127. The van der Waals surface area contributed by atoms with Crippen LogP contribution in [0.25, 0.3) is 0 Å². The van der Waals surface area contributed by atoms with Crippen LogP contribution >= 0.6 is 27.3 Å². The van der Waals surface area contributed by atoms with Gasteiger partial charge in [-0.05, 0) is 31.5 Å². The number of nitrogens with zero attached hydrogens (tertiary/aromatic N) is 1. The molecule has 2 N–H and O–H groups in total. The molecule has 0 aliphatic rings. The lowest BCUT2D eigenvalue weighted by atomic mass is 10.0. The van der Waals surface area contributed by atoms with Crippen LogP contribution in [0.5, 0.6) is 5.75 Å². The first kappa shape index (κ1) is 14.5. The second-order valence-electron chi connectivity index (χ2n) is 4.43. The van der Waals surface area contributed by atoms with Crippen molar-refractivity contribution in [1.82, 2.24) is 10.3 Å². The molecular weight excluding hydrogens is 324 g/mol. The van der Waals surface area contributed by atoms with Crippen LogP contribution in [0, 0.1) is 6.92 Å². The number of aromatic hydroxyl groups is 1. The molecule has 0 spiro atoms. The molecule has 3 nitrogen and oxygen atoms in total. The predicted molar refractivity (Wildman–Crippen MR) is 82.5 cm³/mol. The van der Waals surface area contributed by atoms with Gasteiger partial charge in [-0.25, -0.2) is 4.98 Å². The van der Waals surface area contributed by atoms with Crippen molar-refractivity contribution in [2.45, 2.75) is 32.9 Å². The number of halogens is 1. The zero-order valence-electron chi connectivity index (χ0n) is 11.0. The van der Waals surface area contributed by atoms with Gasteiger partial charge in [0.05, 0.1) is 0 Å². The molecule has 0 fully saturated rings.